The third kappa shape index (κ3) is 4.90. The van der Waals surface area contributed by atoms with Crippen LogP contribution in [0.2, 0.25) is 0 Å². The highest BCUT2D eigenvalue weighted by molar-refractivity contribution is 7.18. The Labute approximate surface area is 187 Å². The smallest absolute Gasteiger partial charge is 0.323 e. The molecule has 1 N–H and O–H groups in total. The van der Waals surface area contributed by atoms with Crippen LogP contribution >= 0.6 is 11.3 Å². The predicted molar refractivity (Wildman–Crippen MR) is 127 cm³/mol. The fraction of sp³-hybridized carbons (Fsp3) is 0.435. The van der Waals surface area contributed by atoms with Gasteiger partial charge in [0, 0.05) is 36.7 Å². The van der Waals surface area contributed by atoms with Crippen molar-refractivity contribution < 1.29 is 9.53 Å². The summed E-state index contributed by atoms with van der Waals surface area (Å²) in [5.74, 6) is 0.743. The summed E-state index contributed by atoms with van der Waals surface area (Å²) in [6.45, 7) is 13.0. The zero-order valence-corrected chi connectivity index (χ0v) is 19.5. The van der Waals surface area contributed by atoms with Crippen molar-refractivity contribution in [1.82, 2.24) is 14.9 Å². The van der Waals surface area contributed by atoms with E-state index in [1.54, 1.807) is 11.3 Å². The largest absolute Gasteiger partial charge is 0.472 e. The molecule has 4 rings (SSSR count). The summed E-state index contributed by atoms with van der Waals surface area (Å²) in [6.07, 6.45) is -0.0662. The number of fused-ring (bicyclic) bond motifs is 1. The fourth-order valence-corrected chi connectivity index (χ4v) is 4.65. The van der Waals surface area contributed by atoms with Crippen LogP contribution in [-0.2, 0) is 0 Å². The Morgan fingerprint density at radius 2 is 1.71 bits per heavy atom. The second-order valence-electron chi connectivity index (χ2n) is 8.34. The lowest BCUT2D eigenvalue weighted by atomic mass is 10.1. The molecular formula is C23H29N5O2S. The number of hydrogen-bond acceptors (Lipinski definition) is 6. The maximum Gasteiger partial charge on any atom is 0.323 e. The minimum Gasteiger partial charge on any atom is -0.472 e. The number of ether oxygens (including phenoxy) is 1. The Bertz CT molecular complexity index is 1080. The van der Waals surface area contributed by atoms with Crippen molar-refractivity contribution in [2.24, 2.45) is 0 Å². The van der Waals surface area contributed by atoms with E-state index >= 15 is 0 Å². The molecule has 1 aliphatic heterocycles. The van der Waals surface area contributed by atoms with Crippen LogP contribution in [0, 0.1) is 20.8 Å². The van der Waals surface area contributed by atoms with Gasteiger partial charge in [-0.2, -0.15) is 0 Å². The number of carbonyl (C=O) groups excluding carboxylic acids is 1. The molecule has 3 heterocycles. The van der Waals surface area contributed by atoms with Gasteiger partial charge in [0.1, 0.15) is 10.3 Å². The predicted octanol–water partition coefficient (Wildman–Crippen LogP) is 4.76. The van der Waals surface area contributed by atoms with Crippen molar-refractivity contribution in [3.8, 4) is 5.88 Å². The molecule has 31 heavy (non-hydrogen) atoms. The number of benzene rings is 1. The topological polar surface area (TPSA) is 70.6 Å². The van der Waals surface area contributed by atoms with Gasteiger partial charge in [0.15, 0.2) is 5.82 Å². The van der Waals surface area contributed by atoms with E-state index < -0.39 is 0 Å². The first kappa shape index (κ1) is 21.4. The van der Waals surface area contributed by atoms with E-state index in [0.29, 0.717) is 24.8 Å². The number of carbonyl (C=O) groups is 1. The van der Waals surface area contributed by atoms with Crippen molar-refractivity contribution in [2.45, 2.75) is 40.7 Å². The Morgan fingerprint density at radius 3 is 2.35 bits per heavy atom. The Morgan fingerprint density at radius 1 is 1.03 bits per heavy atom. The standard InChI is InChI=1S/C23H29N5O2S/c1-14(2)30-21-20(25-22-19(24-21)13-17(5)31-22)26-23(29)28-8-6-27(7-9-28)18-11-15(3)10-16(4)12-18/h10-14H,6-9H2,1-5H3,(H,25,26,29). The zero-order valence-electron chi connectivity index (χ0n) is 18.7. The Kier molecular flexibility index (Phi) is 6.00. The van der Waals surface area contributed by atoms with Crippen LogP contribution in [0.3, 0.4) is 0 Å². The van der Waals surface area contributed by atoms with E-state index in [2.05, 4.69) is 52.2 Å². The molecule has 8 heteroatoms. The summed E-state index contributed by atoms with van der Waals surface area (Å²) in [4.78, 5) is 28.3. The lowest BCUT2D eigenvalue weighted by Crippen LogP contribution is -2.50. The number of nitrogens with one attached hydrogen (secondary N) is 1. The van der Waals surface area contributed by atoms with Crippen molar-refractivity contribution in [1.29, 1.82) is 0 Å². The number of piperazine rings is 1. The van der Waals surface area contributed by atoms with E-state index in [0.717, 1.165) is 28.3 Å². The van der Waals surface area contributed by atoms with E-state index in [4.69, 9.17) is 4.74 Å². The number of amides is 2. The van der Waals surface area contributed by atoms with Gasteiger partial charge < -0.3 is 14.5 Å². The highest BCUT2D eigenvalue weighted by Gasteiger charge is 2.24. The zero-order chi connectivity index (χ0) is 22.1. The van der Waals surface area contributed by atoms with Gasteiger partial charge in [0.05, 0.1) is 6.10 Å². The summed E-state index contributed by atoms with van der Waals surface area (Å²) in [6, 6.07) is 8.39. The van der Waals surface area contributed by atoms with E-state index in [-0.39, 0.29) is 12.1 Å². The first-order valence-corrected chi connectivity index (χ1v) is 11.4. The molecule has 0 saturated carbocycles. The molecule has 0 aliphatic carbocycles. The van der Waals surface area contributed by atoms with Gasteiger partial charge in [0.25, 0.3) is 5.88 Å². The quantitative estimate of drug-likeness (QED) is 0.635. The molecule has 0 atom stereocenters. The molecule has 0 radical (unpaired) electrons. The van der Waals surface area contributed by atoms with Gasteiger partial charge in [0.2, 0.25) is 0 Å². The first-order valence-electron chi connectivity index (χ1n) is 10.6. The van der Waals surface area contributed by atoms with Gasteiger partial charge >= 0.3 is 6.03 Å². The second kappa shape index (κ2) is 8.70. The number of hydrogen-bond donors (Lipinski definition) is 1. The summed E-state index contributed by atoms with van der Waals surface area (Å²) in [7, 11) is 0. The molecule has 1 aromatic carbocycles. The summed E-state index contributed by atoms with van der Waals surface area (Å²) in [5.41, 5.74) is 4.52. The third-order valence-corrected chi connectivity index (χ3v) is 6.10. The number of urea groups is 1. The van der Waals surface area contributed by atoms with Crippen molar-refractivity contribution in [3.05, 3.63) is 40.3 Å². The molecule has 0 spiro atoms. The molecular weight excluding hydrogens is 410 g/mol. The number of thiophene rings is 1. The van der Waals surface area contributed by atoms with Gasteiger partial charge in [-0.3, -0.25) is 5.32 Å². The summed E-state index contributed by atoms with van der Waals surface area (Å²) in [5, 5.41) is 2.94. The number of anilines is 2. The minimum absolute atomic E-state index is 0.0662. The molecule has 0 bridgehead atoms. The van der Waals surface area contributed by atoms with Crippen molar-refractivity contribution in [3.63, 3.8) is 0 Å². The third-order valence-electron chi connectivity index (χ3n) is 5.17. The lowest BCUT2D eigenvalue weighted by molar-refractivity contribution is 0.207. The van der Waals surface area contributed by atoms with Crippen LogP contribution in [0.4, 0.5) is 16.3 Å². The van der Waals surface area contributed by atoms with Crippen LogP contribution < -0.4 is 15.0 Å². The van der Waals surface area contributed by atoms with Crippen molar-refractivity contribution in [2.75, 3.05) is 36.4 Å². The number of nitrogens with zero attached hydrogens (tertiary/aromatic N) is 4. The maximum atomic E-state index is 13.0. The van der Waals surface area contributed by atoms with Crippen molar-refractivity contribution >= 4 is 39.2 Å². The van der Waals surface area contributed by atoms with Gasteiger partial charge in [-0.15, -0.1) is 11.3 Å². The van der Waals surface area contributed by atoms with Crippen LogP contribution in [0.1, 0.15) is 29.9 Å². The summed E-state index contributed by atoms with van der Waals surface area (Å²) >= 11 is 1.56. The highest BCUT2D eigenvalue weighted by atomic mass is 32.1. The van der Waals surface area contributed by atoms with Crippen LogP contribution in [0.5, 0.6) is 5.88 Å². The number of rotatable bonds is 4. The Hall–Kier alpha value is -2.87. The number of aromatic nitrogens is 2. The molecule has 1 fully saturated rings. The van der Waals surface area contributed by atoms with E-state index in [1.165, 1.54) is 16.8 Å². The van der Waals surface area contributed by atoms with E-state index in [1.807, 2.05) is 31.7 Å². The highest BCUT2D eigenvalue weighted by Crippen LogP contribution is 2.29. The normalized spacial score (nSPS) is 14.4. The SMILES string of the molecule is Cc1cc(C)cc(N2CCN(C(=O)Nc3nc4sc(C)cc4nc3OC(C)C)CC2)c1. The van der Waals surface area contributed by atoms with Crippen LogP contribution in [0.25, 0.3) is 10.3 Å². The van der Waals surface area contributed by atoms with Gasteiger partial charge in [-0.1, -0.05) is 6.07 Å². The van der Waals surface area contributed by atoms with E-state index in [9.17, 15) is 4.79 Å². The lowest BCUT2D eigenvalue weighted by Gasteiger charge is -2.36. The van der Waals surface area contributed by atoms with Gasteiger partial charge in [-0.25, -0.2) is 14.8 Å². The van der Waals surface area contributed by atoms with Crippen LogP contribution in [0.15, 0.2) is 24.3 Å². The average molecular weight is 440 g/mol. The molecule has 1 saturated heterocycles. The van der Waals surface area contributed by atoms with Crippen LogP contribution in [-0.4, -0.2) is 53.2 Å². The fourth-order valence-electron chi connectivity index (χ4n) is 3.83. The molecule has 1 aliphatic rings. The molecule has 2 aromatic heterocycles. The molecule has 0 unspecified atom stereocenters. The second-order valence-corrected chi connectivity index (χ2v) is 9.58. The molecule has 164 valence electrons. The molecule has 7 nitrogen and oxygen atoms in total. The van der Waals surface area contributed by atoms with Gasteiger partial charge in [-0.05, 0) is 63.9 Å². The maximum absolute atomic E-state index is 13.0. The minimum atomic E-state index is -0.171. The molecule has 3 aromatic rings. The Balaban J connectivity index is 1.46. The monoisotopic (exact) mass is 439 g/mol. The summed E-state index contributed by atoms with van der Waals surface area (Å²) < 4.78 is 5.84. The first-order chi connectivity index (χ1) is 14.8. The average Bonchev–Trinajstić information content (AvgIpc) is 3.06. The molecule has 2 amide bonds. The number of aryl methyl sites for hydroxylation is 3.